The standard InChI is InChI=1S/C14H14FNO3/c1-10(17)16-8-2-3-11-4-6-13(15)12(9-11)5-7-14(18)19/h2-7,9H,8H2,1H3,(H,16,17)(H,18,19)/b3-2?,7-5+. The minimum Gasteiger partial charge on any atom is -0.478 e. The van der Waals surface area contributed by atoms with Crippen LogP contribution in [0.3, 0.4) is 0 Å². The van der Waals surface area contributed by atoms with Crippen molar-refractivity contribution in [3.05, 3.63) is 47.3 Å². The Kier molecular flexibility index (Phi) is 5.47. The summed E-state index contributed by atoms with van der Waals surface area (Å²) in [6.45, 7) is 1.80. The van der Waals surface area contributed by atoms with Crippen LogP contribution in [0.4, 0.5) is 4.39 Å². The van der Waals surface area contributed by atoms with Gasteiger partial charge in [0.25, 0.3) is 0 Å². The number of hydrogen-bond acceptors (Lipinski definition) is 2. The lowest BCUT2D eigenvalue weighted by Crippen LogP contribution is -2.19. The van der Waals surface area contributed by atoms with E-state index < -0.39 is 11.8 Å². The van der Waals surface area contributed by atoms with Crippen molar-refractivity contribution in [2.75, 3.05) is 6.54 Å². The van der Waals surface area contributed by atoms with Crippen LogP contribution >= 0.6 is 0 Å². The maximum absolute atomic E-state index is 13.4. The summed E-state index contributed by atoms with van der Waals surface area (Å²) in [6.07, 6.45) is 5.51. The number of nitrogens with one attached hydrogen (secondary N) is 1. The molecule has 100 valence electrons. The van der Waals surface area contributed by atoms with E-state index in [2.05, 4.69) is 5.32 Å². The zero-order chi connectivity index (χ0) is 14.3. The van der Waals surface area contributed by atoms with E-state index in [-0.39, 0.29) is 11.5 Å². The van der Waals surface area contributed by atoms with Crippen LogP contribution in [0.25, 0.3) is 12.2 Å². The third kappa shape index (κ3) is 5.63. The van der Waals surface area contributed by atoms with Crippen LogP contribution in [-0.2, 0) is 9.59 Å². The van der Waals surface area contributed by atoms with Gasteiger partial charge in [-0.2, -0.15) is 0 Å². The summed E-state index contributed by atoms with van der Waals surface area (Å²) in [5.41, 5.74) is 0.917. The van der Waals surface area contributed by atoms with E-state index in [0.717, 1.165) is 11.6 Å². The van der Waals surface area contributed by atoms with Gasteiger partial charge in [0.05, 0.1) is 0 Å². The molecule has 0 atom stereocenters. The van der Waals surface area contributed by atoms with Crippen molar-refractivity contribution in [3.8, 4) is 0 Å². The number of aliphatic carboxylic acids is 1. The summed E-state index contributed by atoms with van der Waals surface area (Å²) in [4.78, 5) is 21.0. The van der Waals surface area contributed by atoms with Crippen molar-refractivity contribution in [2.45, 2.75) is 6.92 Å². The largest absolute Gasteiger partial charge is 0.478 e. The fourth-order valence-electron chi connectivity index (χ4n) is 1.35. The number of carbonyl (C=O) groups is 2. The molecule has 0 saturated heterocycles. The number of carboxylic acid groups (broad SMARTS) is 1. The van der Waals surface area contributed by atoms with Gasteiger partial charge in [0, 0.05) is 25.1 Å². The SMILES string of the molecule is CC(=O)NCC=Cc1ccc(F)c(/C=C/C(=O)O)c1. The van der Waals surface area contributed by atoms with Crippen LogP contribution in [0.15, 0.2) is 30.4 Å². The minimum absolute atomic E-state index is 0.131. The van der Waals surface area contributed by atoms with E-state index >= 15 is 0 Å². The van der Waals surface area contributed by atoms with Crippen molar-refractivity contribution in [1.29, 1.82) is 0 Å². The van der Waals surface area contributed by atoms with Crippen molar-refractivity contribution < 1.29 is 19.1 Å². The van der Waals surface area contributed by atoms with Gasteiger partial charge in [0.1, 0.15) is 5.82 Å². The normalized spacial score (nSPS) is 11.1. The molecule has 19 heavy (non-hydrogen) atoms. The smallest absolute Gasteiger partial charge is 0.328 e. The van der Waals surface area contributed by atoms with Crippen LogP contribution in [0.5, 0.6) is 0 Å². The number of hydrogen-bond donors (Lipinski definition) is 2. The molecule has 0 aliphatic heterocycles. The Bertz CT molecular complexity index is 535. The Morgan fingerprint density at radius 3 is 2.74 bits per heavy atom. The zero-order valence-corrected chi connectivity index (χ0v) is 10.4. The number of carbonyl (C=O) groups excluding carboxylic acids is 1. The maximum Gasteiger partial charge on any atom is 0.328 e. The van der Waals surface area contributed by atoms with E-state index in [0.29, 0.717) is 6.54 Å². The summed E-state index contributed by atoms with van der Waals surface area (Å²) in [7, 11) is 0. The van der Waals surface area contributed by atoms with Crippen molar-refractivity contribution >= 4 is 24.0 Å². The average molecular weight is 263 g/mol. The summed E-state index contributed by atoms with van der Waals surface area (Å²) in [5.74, 6) is -1.75. The van der Waals surface area contributed by atoms with Gasteiger partial charge in [-0.1, -0.05) is 18.2 Å². The fourth-order valence-corrected chi connectivity index (χ4v) is 1.35. The van der Waals surface area contributed by atoms with Crippen LogP contribution in [0, 0.1) is 5.82 Å². The lowest BCUT2D eigenvalue weighted by atomic mass is 10.1. The highest BCUT2D eigenvalue weighted by molar-refractivity contribution is 5.85. The Hall–Kier alpha value is -2.43. The Balaban J connectivity index is 2.78. The highest BCUT2D eigenvalue weighted by Crippen LogP contribution is 2.13. The van der Waals surface area contributed by atoms with Gasteiger partial charge in [-0.3, -0.25) is 4.79 Å². The van der Waals surface area contributed by atoms with Gasteiger partial charge in [-0.25, -0.2) is 9.18 Å². The van der Waals surface area contributed by atoms with E-state index in [4.69, 9.17) is 5.11 Å². The molecule has 1 aromatic carbocycles. The second-order valence-electron chi connectivity index (χ2n) is 3.79. The Morgan fingerprint density at radius 2 is 2.11 bits per heavy atom. The first-order valence-electron chi connectivity index (χ1n) is 5.60. The molecule has 0 bridgehead atoms. The quantitative estimate of drug-likeness (QED) is 0.799. The molecule has 0 unspecified atom stereocenters. The number of amides is 1. The van der Waals surface area contributed by atoms with Gasteiger partial charge in [-0.05, 0) is 23.8 Å². The molecule has 0 spiro atoms. The molecular weight excluding hydrogens is 249 g/mol. The predicted molar refractivity (Wildman–Crippen MR) is 70.8 cm³/mol. The molecule has 5 heteroatoms. The lowest BCUT2D eigenvalue weighted by molar-refractivity contribution is -0.131. The highest BCUT2D eigenvalue weighted by Gasteiger charge is 1.99. The number of halogens is 1. The minimum atomic E-state index is -1.13. The van der Waals surface area contributed by atoms with Crippen LogP contribution in [0.2, 0.25) is 0 Å². The molecule has 0 fully saturated rings. The Morgan fingerprint density at radius 1 is 1.37 bits per heavy atom. The molecule has 1 rings (SSSR count). The van der Waals surface area contributed by atoms with Crippen LogP contribution in [0.1, 0.15) is 18.1 Å². The molecule has 0 saturated carbocycles. The molecular formula is C14H14FNO3. The first-order chi connectivity index (χ1) is 8.99. The fraction of sp³-hybridized carbons (Fsp3) is 0.143. The predicted octanol–water partition coefficient (Wildman–Crippen LogP) is 2.07. The first-order valence-corrected chi connectivity index (χ1v) is 5.60. The highest BCUT2D eigenvalue weighted by atomic mass is 19.1. The average Bonchev–Trinajstić information content (AvgIpc) is 2.34. The first kappa shape index (κ1) is 14.6. The van der Waals surface area contributed by atoms with Crippen molar-refractivity contribution in [1.82, 2.24) is 5.32 Å². The molecule has 0 heterocycles. The lowest BCUT2D eigenvalue weighted by Gasteiger charge is -2.00. The van der Waals surface area contributed by atoms with E-state index in [1.807, 2.05) is 0 Å². The monoisotopic (exact) mass is 263 g/mol. The van der Waals surface area contributed by atoms with Crippen molar-refractivity contribution in [3.63, 3.8) is 0 Å². The summed E-state index contributed by atoms with van der Waals surface area (Å²) in [5, 5.41) is 11.1. The number of benzene rings is 1. The van der Waals surface area contributed by atoms with E-state index in [9.17, 15) is 14.0 Å². The van der Waals surface area contributed by atoms with Crippen LogP contribution < -0.4 is 5.32 Å². The second-order valence-corrected chi connectivity index (χ2v) is 3.79. The molecule has 0 aliphatic rings. The maximum atomic E-state index is 13.4. The van der Waals surface area contributed by atoms with E-state index in [1.165, 1.54) is 25.1 Å². The third-order valence-corrected chi connectivity index (χ3v) is 2.20. The molecule has 0 radical (unpaired) electrons. The summed E-state index contributed by atoms with van der Waals surface area (Å²) >= 11 is 0. The summed E-state index contributed by atoms with van der Waals surface area (Å²) < 4.78 is 13.4. The molecule has 0 aliphatic carbocycles. The molecule has 4 nitrogen and oxygen atoms in total. The van der Waals surface area contributed by atoms with Gasteiger partial charge in [-0.15, -0.1) is 0 Å². The molecule has 2 N–H and O–H groups in total. The molecule has 1 aromatic rings. The molecule has 1 amide bonds. The van der Waals surface area contributed by atoms with Crippen molar-refractivity contribution in [2.24, 2.45) is 0 Å². The number of carboxylic acids is 1. The topological polar surface area (TPSA) is 66.4 Å². The van der Waals surface area contributed by atoms with Crippen LogP contribution in [-0.4, -0.2) is 23.5 Å². The zero-order valence-electron chi connectivity index (χ0n) is 10.4. The molecule has 0 aromatic heterocycles. The van der Waals surface area contributed by atoms with Gasteiger partial charge in [0.2, 0.25) is 5.91 Å². The summed E-state index contributed by atoms with van der Waals surface area (Å²) in [6, 6.07) is 4.36. The van der Waals surface area contributed by atoms with Gasteiger partial charge in [0.15, 0.2) is 0 Å². The third-order valence-electron chi connectivity index (χ3n) is 2.20. The second kappa shape index (κ2) is 7.10. The van der Waals surface area contributed by atoms with Gasteiger partial charge < -0.3 is 10.4 Å². The van der Waals surface area contributed by atoms with Gasteiger partial charge >= 0.3 is 5.97 Å². The number of rotatable bonds is 5. The Labute approximate surface area is 110 Å². The van der Waals surface area contributed by atoms with E-state index in [1.54, 1.807) is 18.2 Å².